The van der Waals surface area contributed by atoms with E-state index in [-0.39, 0.29) is 17.0 Å². The molecule has 3 nitrogen and oxygen atoms in total. The van der Waals surface area contributed by atoms with Crippen LogP contribution in [-0.4, -0.2) is 19.4 Å². The minimum atomic E-state index is -1.99. The van der Waals surface area contributed by atoms with Crippen LogP contribution < -0.4 is 0 Å². The van der Waals surface area contributed by atoms with Crippen molar-refractivity contribution >= 4 is 19.9 Å². The van der Waals surface area contributed by atoms with Gasteiger partial charge in [0, 0.05) is 12.5 Å². The number of hydrogen-bond acceptors (Lipinski definition) is 2. The van der Waals surface area contributed by atoms with E-state index in [0.717, 1.165) is 11.6 Å². The second-order valence-corrected chi connectivity index (χ2v) is 12.1. The number of aliphatic carboxylic acids is 1. The molecule has 0 saturated carbocycles. The molecule has 0 aliphatic heterocycles. The molecule has 5 heteroatoms. The van der Waals surface area contributed by atoms with Gasteiger partial charge < -0.3 is 9.53 Å². The molecule has 1 N–H and O–H groups in total. The number of carbonyl (C=O) groups is 1. The number of hydrogen-bond donors (Lipinski definition) is 1. The van der Waals surface area contributed by atoms with Crippen molar-refractivity contribution in [2.45, 2.75) is 51.4 Å². The summed E-state index contributed by atoms with van der Waals surface area (Å²) >= 11 is 0. The van der Waals surface area contributed by atoms with Crippen molar-refractivity contribution in [3.8, 4) is 0 Å². The lowest BCUT2D eigenvalue weighted by molar-refractivity contribution is -0.131. The molecular formula is C17H23FO3Si. The summed E-state index contributed by atoms with van der Waals surface area (Å²) in [6.45, 7) is 10.8. The summed E-state index contributed by atoms with van der Waals surface area (Å²) in [5.41, 5.74) is 2.18. The van der Waals surface area contributed by atoms with E-state index in [2.05, 4.69) is 33.9 Å². The average molecular weight is 322 g/mol. The summed E-state index contributed by atoms with van der Waals surface area (Å²) < 4.78 is 19.9. The van der Waals surface area contributed by atoms with Crippen LogP contribution in [0.4, 0.5) is 4.39 Å². The van der Waals surface area contributed by atoms with Crippen LogP contribution in [-0.2, 0) is 9.22 Å². The fourth-order valence-corrected chi connectivity index (χ4v) is 3.71. The van der Waals surface area contributed by atoms with Gasteiger partial charge in [0.1, 0.15) is 5.82 Å². The van der Waals surface area contributed by atoms with Gasteiger partial charge in [0.25, 0.3) is 0 Å². The molecule has 1 atom stereocenters. The number of halogens is 1. The fraction of sp³-hybridized carbons (Fsp3) is 0.471. The third kappa shape index (κ3) is 3.30. The molecule has 0 bridgehead atoms. The molecule has 22 heavy (non-hydrogen) atoms. The Balaban J connectivity index is 2.40. The van der Waals surface area contributed by atoms with E-state index < -0.39 is 14.3 Å². The van der Waals surface area contributed by atoms with Crippen LogP contribution in [0, 0.1) is 5.82 Å². The highest BCUT2D eigenvalue weighted by molar-refractivity contribution is 6.74. The van der Waals surface area contributed by atoms with Crippen molar-refractivity contribution in [2.24, 2.45) is 0 Å². The maximum atomic E-state index is 13.5. The van der Waals surface area contributed by atoms with Gasteiger partial charge in [-0.05, 0) is 47.0 Å². The Bertz CT molecular complexity index is 629. The summed E-state index contributed by atoms with van der Waals surface area (Å²) in [6.07, 6.45) is 1.45. The van der Waals surface area contributed by atoms with Gasteiger partial charge in [-0.2, -0.15) is 0 Å². The predicted octanol–water partition coefficient (Wildman–Crippen LogP) is 4.76. The second kappa shape index (κ2) is 5.63. The molecule has 1 aromatic carbocycles. The molecule has 1 aliphatic rings. The van der Waals surface area contributed by atoms with Crippen LogP contribution >= 0.6 is 0 Å². The van der Waals surface area contributed by atoms with Crippen LogP contribution in [0.25, 0.3) is 5.57 Å². The summed E-state index contributed by atoms with van der Waals surface area (Å²) in [6, 6.07) is 4.52. The second-order valence-electron chi connectivity index (χ2n) is 7.31. The van der Waals surface area contributed by atoms with Crippen molar-refractivity contribution in [3.63, 3.8) is 0 Å². The summed E-state index contributed by atoms with van der Waals surface area (Å²) in [7, 11) is -1.99. The number of carboxylic acid groups (broad SMARTS) is 1. The maximum absolute atomic E-state index is 13.5. The fourth-order valence-electron chi connectivity index (χ4n) is 2.43. The molecular weight excluding hydrogens is 299 g/mol. The first-order chi connectivity index (χ1) is 10.0. The Morgan fingerprint density at radius 1 is 1.41 bits per heavy atom. The first-order valence-electron chi connectivity index (χ1n) is 7.42. The molecule has 120 valence electrons. The highest BCUT2D eigenvalue weighted by Crippen LogP contribution is 2.47. The third-order valence-corrected chi connectivity index (χ3v) is 9.14. The van der Waals surface area contributed by atoms with Gasteiger partial charge in [0.15, 0.2) is 8.32 Å². The highest BCUT2D eigenvalue weighted by Gasteiger charge is 2.41. The first kappa shape index (κ1) is 16.9. The molecule has 0 fully saturated rings. The standard InChI is InChI=1S/C17H23FO3Si/c1-17(2,3)22(4,5)21-15-8-11(9-16(19)20)14-10-12(18)6-7-13(14)15/h6-7,9-10,15H,8H2,1-5H3,(H,19,20). The lowest BCUT2D eigenvalue weighted by atomic mass is 10.1. The van der Waals surface area contributed by atoms with Gasteiger partial charge in [0.05, 0.1) is 6.10 Å². The summed E-state index contributed by atoms with van der Waals surface area (Å²) in [4.78, 5) is 11.0. The van der Waals surface area contributed by atoms with Crippen LogP contribution in [0.2, 0.25) is 18.1 Å². The number of benzene rings is 1. The normalized spacial score (nSPS) is 20.3. The van der Waals surface area contributed by atoms with Crippen molar-refractivity contribution in [2.75, 3.05) is 0 Å². The van der Waals surface area contributed by atoms with Crippen LogP contribution in [0.5, 0.6) is 0 Å². The molecule has 1 aliphatic carbocycles. The molecule has 0 amide bonds. The Morgan fingerprint density at radius 3 is 2.59 bits per heavy atom. The average Bonchev–Trinajstić information content (AvgIpc) is 2.64. The van der Waals surface area contributed by atoms with Gasteiger partial charge >= 0.3 is 5.97 Å². The van der Waals surface area contributed by atoms with Gasteiger partial charge in [-0.15, -0.1) is 0 Å². The molecule has 0 spiro atoms. The Morgan fingerprint density at radius 2 is 2.05 bits per heavy atom. The van der Waals surface area contributed by atoms with Crippen molar-refractivity contribution in [1.82, 2.24) is 0 Å². The maximum Gasteiger partial charge on any atom is 0.328 e. The Hall–Kier alpha value is -1.46. The minimum absolute atomic E-state index is 0.0620. The van der Waals surface area contributed by atoms with Gasteiger partial charge in [-0.1, -0.05) is 26.8 Å². The first-order valence-corrected chi connectivity index (χ1v) is 10.3. The van der Waals surface area contributed by atoms with E-state index in [9.17, 15) is 9.18 Å². The number of fused-ring (bicyclic) bond motifs is 1. The molecule has 0 heterocycles. The molecule has 0 saturated heterocycles. The largest absolute Gasteiger partial charge is 0.478 e. The lowest BCUT2D eigenvalue weighted by Crippen LogP contribution is -2.41. The topological polar surface area (TPSA) is 46.5 Å². The van der Waals surface area contributed by atoms with E-state index in [1.807, 2.05) is 0 Å². The van der Waals surface area contributed by atoms with Crippen LogP contribution in [0.15, 0.2) is 24.3 Å². The van der Waals surface area contributed by atoms with E-state index >= 15 is 0 Å². The van der Waals surface area contributed by atoms with E-state index in [1.54, 1.807) is 6.07 Å². The predicted molar refractivity (Wildman–Crippen MR) is 87.7 cm³/mol. The molecule has 1 unspecified atom stereocenters. The quantitative estimate of drug-likeness (QED) is 0.644. The highest BCUT2D eigenvalue weighted by atomic mass is 28.4. The SMILES string of the molecule is CC(C)(C)[Si](C)(C)OC1CC(=CC(=O)O)c2cc(F)ccc21. The number of carboxylic acids is 1. The van der Waals surface area contributed by atoms with E-state index in [4.69, 9.17) is 9.53 Å². The molecule has 2 rings (SSSR count). The van der Waals surface area contributed by atoms with E-state index in [0.29, 0.717) is 17.6 Å². The van der Waals surface area contributed by atoms with Gasteiger partial charge in [-0.25, -0.2) is 9.18 Å². The van der Waals surface area contributed by atoms with Crippen molar-refractivity contribution in [1.29, 1.82) is 0 Å². The zero-order valence-corrected chi connectivity index (χ0v) is 14.7. The molecule has 0 radical (unpaired) electrons. The minimum Gasteiger partial charge on any atom is -0.478 e. The van der Waals surface area contributed by atoms with Crippen molar-refractivity contribution in [3.05, 3.63) is 41.2 Å². The molecule has 0 aromatic heterocycles. The van der Waals surface area contributed by atoms with Crippen molar-refractivity contribution < 1.29 is 18.7 Å². The third-order valence-electron chi connectivity index (χ3n) is 4.65. The Kier molecular flexibility index (Phi) is 4.32. The van der Waals surface area contributed by atoms with Gasteiger partial charge in [0.2, 0.25) is 0 Å². The molecule has 1 aromatic rings. The summed E-state index contributed by atoms with van der Waals surface area (Å²) in [5.74, 6) is -1.37. The van der Waals surface area contributed by atoms with Crippen LogP contribution in [0.3, 0.4) is 0 Å². The van der Waals surface area contributed by atoms with Gasteiger partial charge in [-0.3, -0.25) is 0 Å². The summed E-state index contributed by atoms with van der Waals surface area (Å²) in [5, 5.41) is 9.08. The van der Waals surface area contributed by atoms with E-state index in [1.165, 1.54) is 12.1 Å². The zero-order valence-electron chi connectivity index (χ0n) is 13.7. The smallest absolute Gasteiger partial charge is 0.328 e. The number of rotatable bonds is 3. The monoisotopic (exact) mass is 322 g/mol. The zero-order chi connectivity index (χ0) is 16.7. The lowest BCUT2D eigenvalue weighted by Gasteiger charge is -2.38. The Labute approximate surface area is 131 Å². The van der Waals surface area contributed by atoms with Crippen LogP contribution in [0.1, 0.15) is 44.4 Å².